The van der Waals surface area contributed by atoms with Gasteiger partial charge < -0.3 is 40.1 Å². The zero-order chi connectivity index (χ0) is 33.0. The van der Waals surface area contributed by atoms with E-state index in [9.17, 15) is 35.1 Å². The largest absolute Gasteiger partial charge is 0.481 e. The molecule has 0 aromatic rings. The standard InChI is InChI=1S/C32H44Cl2O10/c1-4-5-13-25-28(34)24(36)18-32(42,44-25)30(39)29(38)20(3)22(33)12-8-6-10-19(2)11-7-9-14-27(37)43-26-17-21(31(40)41)15-16-23(26)35/h5-14,20-21,23-26,28-30,35-36,38-39,42H,4,15-18H2,1-3H3,(H,40,41)/b8-6+,11-7+,13-5+,14-9+,19-10+,22-12-/t20-,21+,23+,24?,25?,26-,28?,29-,30+,32?/m1/s1. The van der Waals surface area contributed by atoms with E-state index >= 15 is 0 Å². The van der Waals surface area contributed by atoms with Gasteiger partial charge in [0.15, 0.2) is 5.79 Å². The van der Waals surface area contributed by atoms with Crippen LogP contribution in [-0.2, 0) is 19.1 Å². The summed E-state index contributed by atoms with van der Waals surface area (Å²) in [6, 6.07) is 0. The second-order valence-corrected chi connectivity index (χ2v) is 12.1. The highest BCUT2D eigenvalue weighted by Gasteiger charge is 2.51. The quantitative estimate of drug-likeness (QED) is 0.0563. The first-order chi connectivity index (χ1) is 20.7. The molecule has 246 valence electrons. The van der Waals surface area contributed by atoms with Crippen LogP contribution in [0.2, 0.25) is 0 Å². The van der Waals surface area contributed by atoms with Gasteiger partial charge in [0.05, 0.1) is 35.7 Å². The second kappa shape index (κ2) is 18.0. The highest BCUT2D eigenvalue weighted by Crippen LogP contribution is 2.36. The van der Waals surface area contributed by atoms with Crippen LogP contribution in [0, 0.1) is 11.8 Å². The number of hydrogen-bond acceptors (Lipinski definition) is 9. The molecule has 2 aliphatic rings. The molecule has 2 fully saturated rings. The van der Waals surface area contributed by atoms with Gasteiger partial charge in [-0.3, -0.25) is 4.79 Å². The molecule has 10 atom stereocenters. The minimum Gasteiger partial charge on any atom is -0.481 e. The molecular weight excluding hydrogens is 615 g/mol. The Morgan fingerprint density at radius 1 is 1.07 bits per heavy atom. The van der Waals surface area contributed by atoms with E-state index in [2.05, 4.69) is 0 Å². The van der Waals surface area contributed by atoms with Crippen LogP contribution < -0.4 is 0 Å². The smallest absolute Gasteiger partial charge is 0.331 e. The molecule has 0 radical (unpaired) electrons. The highest BCUT2D eigenvalue weighted by molar-refractivity contribution is 6.30. The van der Waals surface area contributed by atoms with Crippen molar-refractivity contribution >= 4 is 35.1 Å². The summed E-state index contributed by atoms with van der Waals surface area (Å²) >= 11 is 12.6. The minimum atomic E-state index is -2.24. The Bertz CT molecular complexity index is 1150. The molecule has 12 heteroatoms. The fourth-order valence-corrected chi connectivity index (χ4v) is 5.27. The lowest BCUT2D eigenvalue weighted by Crippen LogP contribution is -2.61. The zero-order valence-corrected chi connectivity index (χ0v) is 26.6. The molecule has 0 aromatic heterocycles. The van der Waals surface area contributed by atoms with Crippen molar-refractivity contribution in [2.45, 2.75) is 101 Å². The van der Waals surface area contributed by atoms with E-state index in [-0.39, 0.29) is 17.9 Å². The van der Waals surface area contributed by atoms with Crippen LogP contribution in [0.5, 0.6) is 0 Å². The van der Waals surface area contributed by atoms with Crippen LogP contribution in [0.1, 0.15) is 52.9 Å². The van der Waals surface area contributed by atoms with Gasteiger partial charge in [-0.05, 0) is 32.3 Å². The molecule has 0 aromatic carbocycles. The van der Waals surface area contributed by atoms with Crippen LogP contribution >= 0.6 is 23.2 Å². The Balaban J connectivity index is 1.90. The van der Waals surface area contributed by atoms with E-state index in [0.29, 0.717) is 12.8 Å². The van der Waals surface area contributed by atoms with E-state index in [0.717, 1.165) is 5.57 Å². The van der Waals surface area contributed by atoms with Gasteiger partial charge in [0.1, 0.15) is 12.2 Å². The number of carboxylic acids is 1. The summed E-state index contributed by atoms with van der Waals surface area (Å²) in [6.07, 6.45) is 9.83. The third-order valence-corrected chi connectivity index (χ3v) is 8.63. The summed E-state index contributed by atoms with van der Waals surface area (Å²) < 4.78 is 10.8. The minimum absolute atomic E-state index is 0.0734. The number of hydrogen-bond donors (Lipinski definition) is 6. The Morgan fingerprint density at radius 3 is 2.39 bits per heavy atom. The second-order valence-electron chi connectivity index (χ2n) is 11.2. The molecule has 10 nitrogen and oxygen atoms in total. The molecule has 0 bridgehead atoms. The number of aliphatic hydroxyl groups excluding tert-OH is 4. The topological polar surface area (TPSA) is 174 Å². The number of halogens is 2. The van der Waals surface area contributed by atoms with Crippen LogP contribution in [0.4, 0.5) is 0 Å². The third kappa shape index (κ3) is 11.3. The van der Waals surface area contributed by atoms with Crippen LogP contribution in [0.15, 0.2) is 71.4 Å². The van der Waals surface area contributed by atoms with Gasteiger partial charge in [0, 0.05) is 29.9 Å². The monoisotopic (exact) mass is 658 g/mol. The molecule has 4 unspecified atom stereocenters. The molecule has 1 saturated heterocycles. The van der Waals surface area contributed by atoms with Gasteiger partial charge >= 0.3 is 11.9 Å². The first-order valence-corrected chi connectivity index (χ1v) is 15.4. The first kappa shape index (κ1) is 37.9. The zero-order valence-electron chi connectivity index (χ0n) is 25.1. The maximum absolute atomic E-state index is 12.1. The van der Waals surface area contributed by atoms with Crippen molar-refractivity contribution in [3.05, 3.63) is 71.4 Å². The first-order valence-electron chi connectivity index (χ1n) is 14.6. The maximum atomic E-state index is 12.1. The van der Waals surface area contributed by atoms with Crippen LogP contribution in [0.25, 0.3) is 0 Å². The van der Waals surface area contributed by atoms with Crippen LogP contribution in [0.3, 0.4) is 0 Å². The molecule has 1 heterocycles. The third-order valence-electron chi connectivity index (χ3n) is 7.62. The average Bonchev–Trinajstić information content (AvgIpc) is 2.98. The summed E-state index contributed by atoms with van der Waals surface area (Å²) in [7, 11) is 0. The van der Waals surface area contributed by atoms with Gasteiger partial charge in [-0.2, -0.15) is 0 Å². The van der Waals surface area contributed by atoms with Crippen molar-refractivity contribution in [3.63, 3.8) is 0 Å². The fraction of sp³-hybridized carbons (Fsp3) is 0.562. The van der Waals surface area contributed by atoms with Crippen molar-refractivity contribution in [2.75, 3.05) is 0 Å². The van der Waals surface area contributed by atoms with Gasteiger partial charge in [0.2, 0.25) is 0 Å². The lowest BCUT2D eigenvalue weighted by atomic mass is 9.85. The molecule has 44 heavy (non-hydrogen) atoms. The summed E-state index contributed by atoms with van der Waals surface area (Å²) in [6.45, 7) is 5.29. The Hall–Kier alpha value is -2.28. The highest BCUT2D eigenvalue weighted by atomic mass is 35.5. The van der Waals surface area contributed by atoms with Crippen molar-refractivity contribution in [2.24, 2.45) is 11.8 Å². The van der Waals surface area contributed by atoms with Crippen LogP contribution in [-0.4, -0.2) is 90.4 Å². The lowest BCUT2D eigenvalue weighted by Gasteiger charge is -2.45. The molecule has 0 amide bonds. The molecule has 1 aliphatic carbocycles. The number of carbonyl (C=O) groups is 2. The fourth-order valence-electron chi connectivity index (χ4n) is 4.85. The van der Waals surface area contributed by atoms with E-state index < -0.39 is 78.0 Å². The SMILES string of the molecule is CC/C=C/C1OC(O)([C@@H](O)[C@H](O)[C@H](C)/C(Cl)=C/C=C/C=C(C)/C=C/C=C/C(=O)O[C@@H]2C[C@@H](C(=O)O)CC[C@@H]2O)CC(O)C1Cl. The Morgan fingerprint density at radius 2 is 1.73 bits per heavy atom. The number of rotatable bonds is 13. The Labute approximate surface area is 268 Å². The molecule has 6 N–H and O–H groups in total. The number of aliphatic carboxylic acids is 1. The summed E-state index contributed by atoms with van der Waals surface area (Å²) in [4.78, 5) is 23.2. The maximum Gasteiger partial charge on any atom is 0.331 e. The van der Waals surface area contributed by atoms with E-state index in [1.54, 1.807) is 49.5 Å². The predicted octanol–water partition coefficient (Wildman–Crippen LogP) is 3.65. The van der Waals surface area contributed by atoms with Crippen molar-refractivity contribution < 1.29 is 49.7 Å². The molecule has 2 rings (SSSR count). The molecular formula is C32H44Cl2O10. The Kier molecular flexibility index (Phi) is 15.5. The van der Waals surface area contributed by atoms with Gasteiger partial charge in [-0.15, -0.1) is 11.6 Å². The normalized spacial score (nSPS) is 32.9. The summed E-state index contributed by atoms with van der Waals surface area (Å²) in [5, 5.41) is 61.4. The number of aliphatic hydroxyl groups is 5. The molecule has 0 spiro atoms. The van der Waals surface area contributed by atoms with Gasteiger partial charge in [-0.25, -0.2) is 4.79 Å². The number of esters is 1. The number of carbonyl (C=O) groups excluding carboxylic acids is 1. The number of alkyl halides is 1. The number of ether oxygens (including phenoxy) is 2. The van der Waals surface area contributed by atoms with E-state index in [1.807, 2.05) is 13.8 Å². The van der Waals surface area contributed by atoms with Crippen molar-refractivity contribution in [1.82, 2.24) is 0 Å². The van der Waals surface area contributed by atoms with Crippen molar-refractivity contribution in [3.8, 4) is 0 Å². The van der Waals surface area contributed by atoms with E-state index in [1.165, 1.54) is 18.2 Å². The van der Waals surface area contributed by atoms with E-state index in [4.69, 9.17) is 37.8 Å². The lowest BCUT2D eigenvalue weighted by molar-refractivity contribution is -0.316. The summed E-state index contributed by atoms with van der Waals surface area (Å²) in [5.41, 5.74) is 0.818. The molecule has 1 saturated carbocycles. The number of allylic oxidation sites excluding steroid dienone is 9. The number of carboxylic acid groups (broad SMARTS) is 1. The summed E-state index contributed by atoms with van der Waals surface area (Å²) in [5.74, 6) is -5.33. The van der Waals surface area contributed by atoms with Gasteiger partial charge in [-0.1, -0.05) is 79.6 Å². The predicted molar refractivity (Wildman–Crippen MR) is 167 cm³/mol. The van der Waals surface area contributed by atoms with Gasteiger partial charge in [0.25, 0.3) is 0 Å². The molecule has 1 aliphatic heterocycles. The average molecular weight is 660 g/mol. The van der Waals surface area contributed by atoms with Crippen molar-refractivity contribution in [1.29, 1.82) is 0 Å².